The van der Waals surface area contributed by atoms with Crippen molar-refractivity contribution < 1.29 is 9.53 Å². The van der Waals surface area contributed by atoms with Gasteiger partial charge in [0.15, 0.2) is 17.1 Å². The molecule has 0 saturated heterocycles. The first-order chi connectivity index (χ1) is 17.0. The van der Waals surface area contributed by atoms with Crippen molar-refractivity contribution in [2.75, 3.05) is 11.1 Å². The molecule has 7 nitrogen and oxygen atoms in total. The highest BCUT2D eigenvalue weighted by Crippen LogP contribution is 2.37. The third-order valence-electron chi connectivity index (χ3n) is 5.93. The second-order valence-electron chi connectivity index (χ2n) is 8.36. The highest BCUT2D eigenvalue weighted by molar-refractivity contribution is 7.99. The summed E-state index contributed by atoms with van der Waals surface area (Å²) in [5.74, 6) is 1.43. The topological polar surface area (TPSA) is 92.8 Å². The first-order valence-electron chi connectivity index (χ1n) is 11.8. The van der Waals surface area contributed by atoms with E-state index in [1.54, 1.807) is 6.08 Å². The number of allylic oxidation sites excluding steroid dienone is 1. The number of hydrogen-bond donors (Lipinski definition) is 1. The standard InChI is InChI=1S/C26H29N5O2S2/c1-4-14-31-24(17(3)33-19-12-10-18(5-2)11-13-19)29-30-26(31)34-16-23(32)28-25-21(15-27)20-8-6-7-9-22(20)35-25/h4,10-13,17H,1,5-9,14,16H2,2-3H3,(H,28,32). The third-order valence-corrected chi connectivity index (χ3v) is 8.11. The fourth-order valence-electron chi connectivity index (χ4n) is 4.13. The second kappa shape index (κ2) is 11.6. The predicted molar refractivity (Wildman–Crippen MR) is 140 cm³/mol. The van der Waals surface area contributed by atoms with E-state index in [1.807, 2.05) is 23.6 Å². The van der Waals surface area contributed by atoms with Crippen molar-refractivity contribution in [3.05, 3.63) is 64.3 Å². The molecule has 1 amide bonds. The van der Waals surface area contributed by atoms with Gasteiger partial charge in [0.25, 0.3) is 0 Å². The molecular formula is C26H29N5O2S2. The van der Waals surface area contributed by atoms with Crippen molar-refractivity contribution in [1.82, 2.24) is 14.8 Å². The zero-order chi connectivity index (χ0) is 24.8. The Morgan fingerprint density at radius 3 is 2.83 bits per heavy atom. The molecular weight excluding hydrogens is 478 g/mol. The molecule has 1 aliphatic carbocycles. The lowest BCUT2D eigenvalue weighted by Crippen LogP contribution is -2.15. The van der Waals surface area contributed by atoms with E-state index in [-0.39, 0.29) is 17.8 Å². The van der Waals surface area contributed by atoms with Gasteiger partial charge in [0.1, 0.15) is 16.8 Å². The van der Waals surface area contributed by atoms with Gasteiger partial charge < -0.3 is 10.1 Å². The quantitative estimate of drug-likeness (QED) is 0.279. The van der Waals surface area contributed by atoms with E-state index in [9.17, 15) is 10.1 Å². The molecule has 1 aliphatic rings. The predicted octanol–water partition coefficient (Wildman–Crippen LogP) is 5.71. The Kier molecular flexibility index (Phi) is 8.26. The summed E-state index contributed by atoms with van der Waals surface area (Å²) in [6, 6.07) is 10.3. The van der Waals surface area contributed by atoms with Crippen LogP contribution in [0.25, 0.3) is 0 Å². The summed E-state index contributed by atoms with van der Waals surface area (Å²) in [5, 5.41) is 22.5. The number of nitriles is 1. The summed E-state index contributed by atoms with van der Waals surface area (Å²) in [7, 11) is 0. The molecule has 4 rings (SSSR count). The van der Waals surface area contributed by atoms with E-state index in [0.717, 1.165) is 43.4 Å². The number of thioether (sulfide) groups is 1. The van der Waals surface area contributed by atoms with Gasteiger partial charge >= 0.3 is 0 Å². The number of nitrogens with one attached hydrogen (secondary N) is 1. The molecule has 0 fully saturated rings. The lowest BCUT2D eigenvalue weighted by Gasteiger charge is -2.16. The van der Waals surface area contributed by atoms with Crippen LogP contribution in [0.1, 0.15) is 60.2 Å². The number of hydrogen-bond acceptors (Lipinski definition) is 7. The van der Waals surface area contributed by atoms with Crippen molar-refractivity contribution in [2.24, 2.45) is 0 Å². The normalized spacial score (nSPS) is 13.5. The van der Waals surface area contributed by atoms with E-state index in [0.29, 0.717) is 28.1 Å². The van der Waals surface area contributed by atoms with Gasteiger partial charge in [-0.2, -0.15) is 5.26 Å². The highest BCUT2D eigenvalue weighted by Gasteiger charge is 2.23. The van der Waals surface area contributed by atoms with E-state index in [2.05, 4.69) is 47.2 Å². The Balaban J connectivity index is 1.42. The van der Waals surface area contributed by atoms with Crippen LogP contribution in [-0.4, -0.2) is 26.4 Å². The fraction of sp³-hybridized carbons (Fsp3) is 0.385. The maximum atomic E-state index is 12.7. The van der Waals surface area contributed by atoms with Gasteiger partial charge in [0.05, 0.1) is 11.3 Å². The molecule has 2 aromatic heterocycles. The number of benzene rings is 1. The van der Waals surface area contributed by atoms with E-state index < -0.39 is 0 Å². The SMILES string of the molecule is C=CCn1c(SCC(=O)Nc2sc3c(c2C#N)CCCC3)nnc1C(C)Oc1ccc(CC)cc1. The molecule has 0 aliphatic heterocycles. The monoisotopic (exact) mass is 507 g/mol. The number of aromatic nitrogens is 3. The minimum atomic E-state index is -0.325. The average molecular weight is 508 g/mol. The van der Waals surface area contributed by atoms with Crippen molar-refractivity contribution in [2.45, 2.75) is 63.8 Å². The molecule has 9 heteroatoms. The Morgan fingerprint density at radius 2 is 2.11 bits per heavy atom. The second-order valence-corrected chi connectivity index (χ2v) is 10.4. The smallest absolute Gasteiger partial charge is 0.235 e. The lowest BCUT2D eigenvalue weighted by atomic mass is 9.96. The Morgan fingerprint density at radius 1 is 1.34 bits per heavy atom. The summed E-state index contributed by atoms with van der Waals surface area (Å²) >= 11 is 2.84. The van der Waals surface area contributed by atoms with E-state index in [4.69, 9.17) is 4.74 Å². The Hall–Kier alpha value is -3.09. The van der Waals surface area contributed by atoms with Crippen LogP contribution in [0.15, 0.2) is 42.1 Å². The summed E-state index contributed by atoms with van der Waals surface area (Å²) in [6.07, 6.45) is 6.54. The number of rotatable bonds is 10. The molecule has 0 saturated carbocycles. The zero-order valence-corrected chi connectivity index (χ0v) is 21.7. The van der Waals surface area contributed by atoms with Crippen LogP contribution in [0.3, 0.4) is 0 Å². The van der Waals surface area contributed by atoms with Gasteiger partial charge in [-0.15, -0.1) is 28.1 Å². The first kappa shape index (κ1) is 25.0. The van der Waals surface area contributed by atoms with Crippen LogP contribution >= 0.6 is 23.1 Å². The van der Waals surface area contributed by atoms with Crippen LogP contribution in [0.2, 0.25) is 0 Å². The molecule has 2 heterocycles. The van der Waals surface area contributed by atoms with Crippen LogP contribution in [0.5, 0.6) is 5.75 Å². The number of ether oxygens (including phenoxy) is 1. The summed E-state index contributed by atoms with van der Waals surface area (Å²) < 4.78 is 8.01. The van der Waals surface area contributed by atoms with Crippen LogP contribution in [0.4, 0.5) is 5.00 Å². The van der Waals surface area contributed by atoms with Crippen molar-refractivity contribution in [3.63, 3.8) is 0 Å². The Labute approximate surface area is 214 Å². The van der Waals surface area contributed by atoms with Crippen LogP contribution < -0.4 is 10.1 Å². The Bertz CT molecular complexity index is 1240. The fourth-order valence-corrected chi connectivity index (χ4v) is 6.14. The maximum absolute atomic E-state index is 12.7. The minimum Gasteiger partial charge on any atom is -0.483 e. The highest BCUT2D eigenvalue weighted by atomic mass is 32.2. The molecule has 182 valence electrons. The molecule has 1 unspecified atom stereocenters. The number of carbonyl (C=O) groups is 1. The van der Waals surface area contributed by atoms with Gasteiger partial charge in [0.2, 0.25) is 5.91 Å². The van der Waals surface area contributed by atoms with Crippen molar-refractivity contribution >= 4 is 34.0 Å². The molecule has 1 N–H and O–H groups in total. The van der Waals surface area contributed by atoms with Crippen molar-refractivity contribution in [3.8, 4) is 11.8 Å². The molecule has 3 aromatic rings. The van der Waals surface area contributed by atoms with Crippen molar-refractivity contribution in [1.29, 1.82) is 5.26 Å². The van der Waals surface area contributed by atoms with E-state index >= 15 is 0 Å². The molecule has 0 spiro atoms. The minimum absolute atomic E-state index is 0.163. The zero-order valence-electron chi connectivity index (χ0n) is 20.0. The van der Waals surface area contributed by atoms with Gasteiger partial charge in [-0.1, -0.05) is 36.9 Å². The molecule has 0 bridgehead atoms. The number of thiophene rings is 1. The largest absolute Gasteiger partial charge is 0.483 e. The van der Waals surface area contributed by atoms with Gasteiger partial charge in [-0.25, -0.2) is 0 Å². The average Bonchev–Trinajstić information content (AvgIpc) is 3.43. The molecule has 35 heavy (non-hydrogen) atoms. The number of aryl methyl sites for hydroxylation is 2. The summed E-state index contributed by atoms with van der Waals surface area (Å²) in [6.45, 7) is 8.40. The number of anilines is 1. The molecule has 1 aromatic carbocycles. The van der Waals surface area contributed by atoms with Gasteiger partial charge in [0, 0.05) is 11.4 Å². The number of nitrogens with zero attached hydrogens (tertiary/aromatic N) is 4. The number of amides is 1. The van der Waals surface area contributed by atoms with Crippen LogP contribution in [-0.2, 0) is 30.6 Å². The van der Waals surface area contributed by atoms with Gasteiger partial charge in [-0.3, -0.25) is 9.36 Å². The van der Waals surface area contributed by atoms with Crippen LogP contribution in [0, 0.1) is 11.3 Å². The van der Waals surface area contributed by atoms with Gasteiger partial charge in [-0.05, 0) is 62.3 Å². The summed E-state index contributed by atoms with van der Waals surface area (Å²) in [4.78, 5) is 14.0. The molecule has 1 atom stereocenters. The summed E-state index contributed by atoms with van der Waals surface area (Å²) in [5.41, 5.74) is 2.99. The number of fused-ring (bicyclic) bond motifs is 1. The first-order valence-corrected chi connectivity index (χ1v) is 13.6. The number of carbonyl (C=O) groups excluding carboxylic acids is 1. The lowest BCUT2D eigenvalue weighted by molar-refractivity contribution is -0.113. The molecule has 0 radical (unpaired) electrons. The third kappa shape index (κ3) is 5.77. The van der Waals surface area contributed by atoms with E-state index in [1.165, 1.54) is 33.5 Å². The maximum Gasteiger partial charge on any atom is 0.235 e.